The maximum absolute atomic E-state index is 5.24. The molecule has 0 saturated heterocycles. The van der Waals surface area contributed by atoms with E-state index in [0.29, 0.717) is 0 Å². The normalized spacial score (nSPS) is 12.0. The van der Waals surface area contributed by atoms with Gasteiger partial charge in [0.05, 0.1) is 11.3 Å². The van der Waals surface area contributed by atoms with E-state index < -0.39 is 0 Å². The van der Waals surface area contributed by atoms with Crippen molar-refractivity contribution < 1.29 is 20.1 Å². The van der Waals surface area contributed by atoms with Gasteiger partial charge in [0.1, 0.15) is 5.82 Å². The van der Waals surface area contributed by atoms with Gasteiger partial charge >= 0.3 is 20.1 Å². The second-order valence-electron chi connectivity index (χ2n) is 22.7. The third-order valence-corrected chi connectivity index (χ3v) is 14.7. The van der Waals surface area contributed by atoms with Crippen molar-refractivity contribution in [2.75, 3.05) is 0 Å². The number of nitrogens with zero attached hydrogens (tertiary/aromatic N) is 6. The van der Waals surface area contributed by atoms with Gasteiger partial charge in [-0.2, -0.15) is 0 Å². The molecular weight excluding hydrogens is 1120 g/mol. The van der Waals surface area contributed by atoms with E-state index in [1.807, 2.05) is 13.1 Å². The molecule has 0 fully saturated rings. The Kier molecular flexibility index (Phi) is 13.7. The second-order valence-corrected chi connectivity index (χ2v) is 22.7. The molecule has 380 valence electrons. The van der Waals surface area contributed by atoms with Gasteiger partial charge in [-0.15, -0.1) is 88.1 Å². The number of rotatable bonds is 11. The number of imidazole rings is 2. The average Bonchev–Trinajstić information content (AvgIpc) is 4.04. The Bertz CT molecular complexity index is 3970. The first-order chi connectivity index (χ1) is 36.7. The minimum Gasteiger partial charge on any atom is -0.343 e. The van der Waals surface area contributed by atoms with Crippen molar-refractivity contribution in [3.05, 3.63) is 240 Å². The van der Waals surface area contributed by atoms with Crippen molar-refractivity contribution in [3.8, 4) is 55.8 Å². The fraction of sp³-hybridized carbons (Fsp3) is 0.200. The predicted molar refractivity (Wildman–Crippen MR) is 313 cm³/mol. The summed E-state index contributed by atoms with van der Waals surface area (Å²) in [4.78, 5) is 19.9. The molecule has 0 aliphatic rings. The summed E-state index contributed by atoms with van der Waals surface area (Å²) in [6, 6.07) is 68.2. The Morgan fingerprint density at radius 3 is 1.68 bits per heavy atom. The molecule has 0 N–H and O–H groups in total. The zero-order valence-electron chi connectivity index (χ0n) is 45.1. The first-order valence-electron chi connectivity index (χ1n) is 26.6. The van der Waals surface area contributed by atoms with E-state index >= 15 is 0 Å². The van der Waals surface area contributed by atoms with E-state index in [4.69, 9.17) is 19.9 Å². The van der Waals surface area contributed by atoms with Crippen molar-refractivity contribution in [2.24, 2.45) is 0 Å². The minimum atomic E-state index is -0.158. The number of aryl methyl sites for hydroxylation is 6. The molecule has 0 aliphatic heterocycles. The molecule has 0 saturated carbocycles. The first kappa shape index (κ1) is 51.3. The van der Waals surface area contributed by atoms with Gasteiger partial charge in [0.15, 0.2) is 0 Å². The molecule has 77 heavy (non-hydrogen) atoms. The Morgan fingerprint density at radius 2 is 1.03 bits per heavy atom. The zero-order chi connectivity index (χ0) is 52.3. The van der Waals surface area contributed by atoms with Gasteiger partial charge in [0, 0.05) is 46.5 Å². The summed E-state index contributed by atoms with van der Waals surface area (Å²) in [5.41, 5.74) is 22.1. The summed E-state index contributed by atoms with van der Waals surface area (Å²) in [6.07, 6.45) is 9.62. The van der Waals surface area contributed by atoms with Gasteiger partial charge in [0.25, 0.3) is 0 Å². The maximum Gasteiger partial charge on any atom is 3.00 e. The molecule has 0 aliphatic carbocycles. The molecule has 0 spiro atoms. The molecule has 7 aromatic carbocycles. The number of benzene rings is 7. The van der Waals surface area contributed by atoms with Gasteiger partial charge in [-0.25, -0.2) is 0 Å². The van der Waals surface area contributed by atoms with Crippen molar-refractivity contribution in [1.29, 1.82) is 0 Å². The third-order valence-electron chi connectivity index (χ3n) is 14.7. The molecule has 6 nitrogen and oxygen atoms in total. The monoisotopic (exact) mass is 1180 g/mol. The molecule has 7 heteroatoms. The summed E-state index contributed by atoms with van der Waals surface area (Å²) in [6.45, 7) is 17.6. The number of fused-ring (bicyclic) bond motifs is 6. The van der Waals surface area contributed by atoms with Crippen LogP contribution in [0.5, 0.6) is 0 Å². The number of hydrogen-bond acceptors (Lipinski definition) is 4. The van der Waals surface area contributed by atoms with Crippen molar-refractivity contribution in [2.45, 2.75) is 91.9 Å². The number of pyridine rings is 2. The Morgan fingerprint density at radius 1 is 0.455 bits per heavy atom. The molecule has 5 aromatic heterocycles. The molecule has 0 amide bonds. The van der Waals surface area contributed by atoms with Crippen LogP contribution in [-0.4, -0.2) is 28.7 Å². The molecule has 12 rings (SSSR count). The van der Waals surface area contributed by atoms with E-state index in [2.05, 4.69) is 246 Å². The predicted octanol–water partition coefficient (Wildman–Crippen LogP) is 16.6. The molecule has 0 radical (unpaired) electrons. The van der Waals surface area contributed by atoms with Crippen LogP contribution in [0.3, 0.4) is 0 Å². The van der Waals surface area contributed by atoms with Crippen LogP contribution in [0.25, 0.3) is 88.7 Å². The van der Waals surface area contributed by atoms with Crippen LogP contribution in [0.4, 0.5) is 0 Å². The standard InChI is InChI=1S/C70H61N6.Ir/c1-45-43-75-65(69(3,4)5)42-58-37-47(22-32-61(58)66(75)72-45)18-20-49-36-50(21-19-48-23-33-62-64(40-48)74-68(70(6,7)8)76-44-46(2)73-67(62)76)39-57(38-49)60-17-13-12-16-59(60)54-28-30-55(31-29-54)63-41-56(34-35-71-63)53-26-24-52(25-27-53)51-14-10-9-11-15-51;/h9-17,22-30,34-44H,18-21H2,1-8H3;/q-3;+3. The van der Waals surface area contributed by atoms with Crippen LogP contribution in [-0.2, 0) is 56.6 Å². The van der Waals surface area contributed by atoms with E-state index in [-0.39, 0.29) is 30.9 Å². The van der Waals surface area contributed by atoms with Gasteiger partial charge in [-0.3, -0.25) is 15.0 Å². The van der Waals surface area contributed by atoms with Crippen LogP contribution in [0, 0.1) is 32.0 Å². The number of aromatic nitrogens is 6. The molecule has 0 atom stereocenters. The fourth-order valence-corrected chi connectivity index (χ4v) is 10.9. The quantitative estimate of drug-likeness (QED) is 0.121. The zero-order valence-corrected chi connectivity index (χ0v) is 47.5. The first-order valence-corrected chi connectivity index (χ1v) is 26.6. The minimum absolute atomic E-state index is 0. The van der Waals surface area contributed by atoms with Crippen molar-refractivity contribution in [3.63, 3.8) is 0 Å². The smallest absolute Gasteiger partial charge is 0.343 e. The van der Waals surface area contributed by atoms with E-state index in [1.54, 1.807) is 0 Å². The van der Waals surface area contributed by atoms with Gasteiger partial charge in [-0.1, -0.05) is 180 Å². The largest absolute Gasteiger partial charge is 3.00 e. The third kappa shape index (κ3) is 10.4. The molecular formula is C70H61IrN6. The van der Waals surface area contributed by atoms with Crippen LogP contribution < -0.4 is 0 Å². The molecule has 0 unspecified atom stereocenters. The molecule has 12 aromatic rings. The van der Waals surface area contributed by atoms with Crippen LogP contribution in [0.15, 0.2) is 176 Å². The molecule has 0 bridgehead atoms. The van der Waals surface area contributed by atoms with Gasteiger partial charge in [-0.05, 0) is 88.5 Å². The Hall–Kier alpha value is -7.83. The molecule has 5 heterocycles. The topological polar surface area (TPSA) is 60.4 Å². The summed E-state index contributed by atoms with van der Waals surface area (Å²) in [7, 11) is 0. The summed E-state index contributed by atoms with van der Waals surface area (Å²) >= 11 is 0. The summed E-state index contributed by atoms with van der Waals surface area (Å²) in [5.74, 6) is 1.000. The SMILES string of the molecule is Cc1cn2c(C(C)(C)C)cc3cc(CCc4cc(CCc5c[c-]c6c(c5)nc(C(C)(C)C)n5cc(C)nc65)cc(-c5ccccc5-c5c[c-]c(-c6cc(-c7ccc(-c8ccccc8)cc7)ccn6)cc5)c4)c[c-]c3c2n1.[Ir+3]. The fourth-order valence-electron chi connectivity index (χ4n) is 10.9. The van der Waals surface area contributed by atoms with E-state index in [1.165, 1.54) is 61.2 Å². The van der Waals surface area contributed by atoms with Gasteiger partial charge < -0.3 is 13.8 Å². The Labute approximate surface area is 466 Å². The Balaban J connectivity index is 0.00000631. The average molecular weight is 1180 g/mol. The van der Waals surface area contributed by atoms with Gasteiger partial charge in [0.2, 0.25) is 0 Å². The van der Waals surface area contributed by atoms with Crippen molar-refractivity contribution in [1.82, 2.24) is 28.7 Å². The van der Waals surface area contributed by atoms with Crippen LogP contribution >= 0.6 is 0 Å². The number of hydrogen-bond donors (Lipinski definition) is 0. The van der Waals surface area contributed by atoms with Crippen LogP contribution in [0.1, 0.15) is 86.7 Å². The van der Waals surface area contributed by atoms with Crippen LogP contribution in [0.2, 0.25) is 0 Å². The maximum atomic E-state index is 5.24. The van der Waals surface area contributed by atoms with E-state index in [9.17, 15) is 0 Å². The van der Waals surface area contributed by atoms with E-state index in [0.717, 1.165) is 98.4 Å². The summed E-state index contributed by atoms with van der Waals surface area (Å²) < 4.78 is 4.40. The van der Waals surface area contributed by atoms with Crippen molar-refractivity contribution >= 4 is 33.0 Å². The summed E-state index contributed by atoms with van der Waals surface area (Å²) in [5, 5.41) is 3.20. The second kappa shape index (κ2) is 20.6.